The molecule has 9 N–H and O–H groups in total. The summed E-state index contributed by atoms with van der Waals surface area (Å²) in [6.45, 7) is 13.6. The van der Waals surface area contributed by atoms with Crippen LogP contribution in [0.1, 0.15) is 97.5 Å². The number of carbonyl (C=O) groups is 8. The van der Waals surface area contributed by atoms with Gasteiger partial charge in [-0.25, -0.2) is 9.59 Å². The molecule has 0 spiro atoms. The van der Waals surface area contributed by atoms with Crippen molar-refractivity contribution in [2.24, 2.45) is 11.8 Å². The molecule has 1 unspecified atom stereocenters. The van der Waals surface area contributed by atoms with Gasteiger partial charge in [-0.2, -0.15) is 0 Å². The number of nitrogens with zero attached hydrogens (tertiary/aromatic N) is 1. The fraction of sp³-hybridized carbons (Fsp3) is 0.754. The van der Waals surface area contributed by atoms with Crippen LogP contribution in [0.15, 0.2) is 18.2 Å². The lowest BCUT2D eigenvalue weighted by Gasteiger charge is -2.38. The quantitative estimate of drug-likeness (QED) is 0.0318. The zero-order chi connectivity index (χ0) is 63.1. The molecule has 0 radical (unpaired) electrons. The first-order chi connectivity index (χ1) is 41.3. The van der Waals surface area contributed by atoms with E-state index in [-0.39, 0.29) is 119 Å². The second-order valence-electron chi connectivity index (χ2n) is 20.9. The molecule has 29 heteroatoms. The number of hydrogen-bond acceptors (Lipinski definition) is 22. The average molecular weight is 1230 g/mol. The number of hydrogen-bond donors (Lipinski definition) is 9. The Hall–Kier alpha value is -5.70. The van der Waals surface area contributed by atoms with E-state index in [1.54, 1.807) is 21.0 Å². The van der Waals surface area contributed by atoms with Gasteiger partial charge in [0, 0.05) is 64.4 Å². The van der Waals surface area contributed by atoms with Crippen LogP contribution in [0.4, 0.5) is 10.5 Å². The summed E-state index contributed by atoms with van der Waals surface area (Å²) in [6.07, 6.45) is -7.91. The Kier molecular flexibility index (Phi) is 38.0. The summed E-state index contributed by atoms with van der Waals surface area (Å²) in [7, 11) is 1.62. The van der Waals surface area contributed by atoms with Gasteiger partial charge in [0.05, 0.1) is 105 Å². The van der Waals surface area contributed by atoms with Crippen molar-refractivity contribution in [3.63, 3.8) is 0 Å². The molecule has 2 aliphatic rings. The van der Waals surface area contributed by atoms with Crippen molar-refractivity contribution in [3.05, 3.63) is 23.8 Å². The standard InChI is InChI=1S/C57H94N6O23/c1-38(2)41-36-48(67)63(54(41)72)19-10-6-7-12-46(65)61-42(11-8-9-17-58-45(64)16-20-77-23-24-79-27-28-81-31-32-83-34-33-82-30-29-80-26-25-78-22-21-76-5)53(71)59-18-15-47(66)62-43-35-40(37-84-57(75)60-39(3)4)13-14-44(43)85-56-51(70)49(68)50(69)52(86-56)55(73)74/h13-14,35,38-39,41-42,49-52,56,68-70H,6-12,15-34,36-37H2,1-5H3,(H,58,64)(H,59,71)(H,60,75)(H,61,65)(H,62,66)(H,73,74)/t41?,42-,49-,50-,51+,52-,56+/m0/s1. The maximum Gasteiger partial charge on any atom is 0.407 e. The van der Waals surface area contributed by atoms with Crippen molar-refractivity contribution < 1.29 is 111 Å². The second-order valence-corrected chi connectivity index (χ2v) is 20.9. The zero-order valence-corrected chi connectivity index (χ0v) is 50.4. The molecule has 1 aromatic carbocycles. The normalized spacial score (nSPS) is 18.9. The largest absolute Gasteiger partial charge is 0.479 e. The Morgan fingerprint density at radius 2 is 1.23 bits per heavy atom. The lowest BCUT2D eigenvalue weighted by atomic mass is 9.94. The van der Waals surface area contributed by atoms with Crippen LogP contribution < -0.4 is 31.3 Å². The van der Waals surface area contributed by atoms with E-state index in [2.05, 4.69) is 26.6 Å². The van der Waals surface area contributed by atoms with Crippen molar-refractivity contribution in [2.75, 3.05) is 131 Å². The highest BCUT2D eigenvalue weighted by Gasteiger charge is 2.48. The number of carboxylic acid groups (broad SMARTS) is 1. The SMILES string of the molecule is COCCOCCOCCOCCOCCOCCOCCOCCC(=O)NCCCC[C@H](NC(=O)CCCCCN1C(=O)CC(C(C)C)C1=O)C(=O)NCCC(=O)Nc1cc(COC(=O)NC(C)C)ccc1O[C@@H]1O[C@H](C(=O)O)[C@@H](O)[C@H](O)[C@H]1O. The zero-order valence-electron chi connectivity index (χ0n) is 50.4. The molecule has 0 aromatic heterocycles. The lowest BCUT2D eigenvalue weighted by Crippen LogP contribution is -2.61. The first-order valence-electron chi connectivity index (χ1n) is 29.5. The molecule has 2 aliphatic heterocycles. The number of imide groups is 1. The molecule has 29 nitrogen and oxygen atoms in total. The molecule has 2 saturated heterocycles. The third kappa shape index (κ3) is 30.8. The minimum Gasteiger partial charge on any atom is -0.479 e. The molecule has 1 aromatic rings. The number of amides is 7. The number of nitrogens with one attached hydrogen (secondary N) is 5. The Bertz CT molecular complexity index is 2180. The van der Waals surface area contributed by atoms with Crippen LogP contribution in [-0.4, -0.2) is 241 Å². The maximum atomic E-state index is 13.7. The number of ether oxygens (including phenoxy) is 11. The van der Waals surface area contributed by atoms with Crippen LogP contribution in [0, 0.1) is 11.8 Å². The van der Waals surface area contributed by atoms with Crippen molar-refractivity contribution in [1.82, 2.24) is 26.2 Å². The molecule has 2 heterocycles. The summed E-state index contributed by atoms with van der Waals surface area (Å²) in [4.78, 5) is 103. The summed E-state index contributed by atoms with van der Waals surface area (Å²) < 4.78 is 59.4. The number of alkyl carbamates (subject to hydrolysis) is 1. The van der Waals surface area contributed by atoms with Crippen molar-refractivity contribution in [1.29, 1.82) is 0 Å². The smallest absolute Gasteiger partial charge is 0.407 e. The molecule has 86 heavy (non-hydrogen) atoms. The van der Waals surface area contributed by atoms with Gasteiger partial charge in [-0.05, 0) is 69.6 Å². The lowest BCUT2D eigenvalue weighted by molar-refractivity contribution is -0.271. The number of rotatable bonds is 48. The van der Waals surface area contributed by atoms with Gasteiger partial charge in [-0.15, -0.1) is 0 Å². The number of carboxylic acids is 1. The van der Waals surface area contributed by atoms with E-state index in [0.717, 1.165) is 0 Å². The maximum absolute atomic E-state index is 13.7. The Morgan fingerprint density at radius 3 is 1.79 bits per heavy atom. The predicted octanol–water partition coefficient (Wildman–Crippen LogP) is 0.552. The molecular weight excluding hydrogens is 1140 g/mol. The van der Waals surface area contributed by atoms with Crippen molar-refractivity contribution >= 4 is 53.2 Å². The van der Waals surface area contributed by atoms with Crippen LogP contribution in [0.3, 0.4) is 0 Å². The van der Waals surface area contributed by atoms with E-state index in [1.807, 2.05) is 13.8 Å². The summed E-state index contributed by atoms with van der Waals surface area (Å²) in [6, 6.07) is 2.88. The summed E-state index contributed by atoms with van der Waals surface area (Å²) in [5, 5.41) is 54.1. The third-order valence-corrected chi connectivity index (χ3v) is 13.2. The highest BCUT2D eigenvalue weighted by molar-refractivity contribution is 6.03. The summed E-state index contributed by atoms with van der Waals surface area (Å²) >= 11 is 0. The van der Waals surface area contributed by atoms with Crippen LogP contribution >= 0.6 is 0 Å². The third-order valence-electron chi connectivity index (χ3n) is 13.2. The molecule has 7 amide bonds. The van der Waals surface area contributed by atoms with Gasteiger partial charge >= 0.3 is 12.1 Å². The van der Waals surface area contributed by atoms with Crippen LogP contribution in [0.2, 0.25) is 0 Å². The highest BCUT2D eigenvalue weighted by atomic mass is 16.7. The van der Waals surface area contributed by atoms with E-state index in [9.17, 15) is 58.8 Å². The molecule has 0 saturated carbocycles. The predicted molar refractivity (Wildman–Crippen MR) is 305 cm³/mol. The Morgan fingerprint density at radius 1 is 0.640 bits per heavy atom. The number of likely N-dealkylation sites (tertiary alicyclic amines) is 1. The number of aliphatic hydroxyl groups is 3. The number of unbranched alkanes of at least 4 members (excludes halogenated alkanes) is 3. The van der Waals surface area contributed by atoms with Gasteiger partial charge in [0.2, 0.25) is 41.7 Å². The monoisotopic (exact) mass is 1230 g/mol. The van der Waals surface area contributed by atoms with Gasteiger partial charge < -0.3 is 99.1 Å². The molecule has 7 atom stereocenters. The molecule has 0 aliphatic carbocycles. The van der Waals surface area contributed by atoms with Gasteiger partial charge in [0.1, 0.15) is 36.7 Å². The first kappa shape index (κ1) is 74.6. The minimum absolute atomic E-state index is 0.0411. The van der Waals surface area contributed by atoms with E-state index in [0.29, 0.717) is 124 Å². The van der Waals surface area contributed by atoms with E-state index >= 15 is 0 Å². The van der Waals surface area contributed by atoms with E-state index in [4.69, 9.17) is 52.1 Å². The van der Waals surface area contributed by atoms with Gasteiger partial charge in [-0.3, -0.25) is 33.7 Å². The number of anilines is 1. The van der Waals surface area contributed by atoms with Gasteiger partial charge in [-0.1, -0.05) is 26.3 Å². The second kappa shape index (κ2) is 43.8. The molecule has 3 rings (SSSR count). The number of aliphatic carboxylic acids is 1. The number of benzene rings is 1. The van der Waals surface area contributed by atoms with Gasteiger partial charge in [0.25, 0.3) is 0 Å². The minimum atomic E-state index is -1.99. The number of methoxy groups -OCH3 is 1. The van der Waals surface area contributed by atoms with Gasteiger partial charge in [0.15, 0.2) is 6.10 Å². The summed E-state index contributed by atoms with van der Waals surface area (Å²) in [5.41, 5.74) is 0.296. The fourth-order valence-corrected chi connectivity index (χ4v) is 8.45. The molecule has 0 bridgehead atoms. The summed E-state index contributed by atoms with van der Waals surface area (Å²) in [5.74, 6) is -4.41. The first-order valence-corrected chi connectivity index (χ1v) is 29.5. The highest BCUT2D eigenvalue weighted by Crippen LogP contribution is 2.32. The Labute approximate surface area is 502 Å². The van der Waals surface area contributed by atoms with Crippen LogP contribution in [-0.2, 0) is 87.5 Å². The van der Waals surface area contributed by atoms with Crippen molar-refractivity contribution in [2.45, 2.75) is 141 Å². The van der Waals surface area contributed by atoms with Crippen LogP contribution in [0.5, 0.6) is 5.75 Å². The molecular formula is C57H94N6O23. The molecule has 490 valence electrons. The number of aliphatic hydroxyl groups excluding tert-OH is 3. The topological polar surface area (TPSA) is 382 Å². The van der Waals surface area contributed by atoms with E-state index in [1.165, 1.54) is 23.1 Å². The number of carbonyl (C=O) groups excluding carboxylic acids is 7. The fourth-order valence-electron chi connectivity index (χ4n) is 8.45. The Balaban J connectivity index is 1.43. The molecule has 2 fully saturated rings. The average Bonchev–Trinajstić information content (AvgIpc) is 2.36. The van der Waals surface area contributed by atoms with Crippen molar-refractivity contribution in [3.8, 4) is 5.75 Å². The van der Waals surface area contributed by atoms with E-state index < -0.39 is 66.5 Å². The van der Waals surface area contributed by atoms with Crippen LogP contribution in [0.25, 0.3) is 0 Å².